The molecule has 13 atom stereocenters. The zero-order chi connectivity index (χ0) is 84.4. The van der Waals surface area contributed by atoms with Gasteiger partial charge < -0.3 is 116 Å². The largest absolute Gasteiger partial charge is 0.481 e. The number of nitrogens with two attached hydrogens (primary N) is 3. The number of aromatic amines is 3. The Morgan fingerprint density at radius 2 is 0.974 bits per heavy atom. The number of benzene rings is 4. The number of guanidine groups is 1. The summed E-state index contributed by atoms with van der Waals surface area (Å²) in [6, 6.07) is 12.9. The number of likely N-dealkylation sites (tertiary alicyclic amines) is 2. The molecule has 0 unspecified atom stereocenters. The lowest BCUT2D eigenvalue weighted by atomic mass is 10.0. The third-order valence-electron chi connectivity index (χ3n) is 20.3. The molecule has 2 aliphatic rings. The number of fused-ring (bicyclic) bond motifs is 2. The number of aliphatic hydroxyl groups is 2. The average molecular weight is 1620 g/mol. The lowest BCUT2D eigenvalue weighted by Gasteiger charge is -2.32. The van der Waals surface area contributed by atoms with Crippen LogP contribution >= 0.6 is 0 Å². The molecule has 624 valence electrons. The summed E-state index contributed by atoms with van der Waals surface area (Å²) in [6.45, 7) is -0.130. The smallest absolute Gasteiger partial charge is 0.326 e. The van der Waals surface area contributed by atoms with Crippen molar-refractivity contribution < 1.29 is 87.5 Å². The van der Waals surface area contributed by atoms with Crippen molar-refractivity contribution in [2.45, 2.75) is 182 Å². The molecule has 9 rings (SSSR count). The minimum atomic E-state index is -1.96. The van der Waals surface area contributed by atoms with Gasteiger partial charge in [0.15, 0.2) is 5.96 Å². The fourth-order valence-electron chi connectivity index (χ4n) is 14.2. The molecule has 24 N–H and O–H groups in total. The maximum atomic E-state index is 15.1. The van der Waals surface area contributed by atoms with Crippen molar-refractivity contribution in [2.24, 2.45) is 17.2 Å². The van der Waals surface area contributed by atoms with Gasteiger partial charge in [-0.25, -0.2) is 9.78 Å². The minimum Gasteiger partial charge on any atom is -0.481 e. The number of amides is 12. The summed E-state index contributed by atoms with van der Waals surface area (Å²) in [7, 11) is 0. The first kappa shape index (κ1) is 87.9. The van der Waals surface area contributed by atoms with Crippen LogP contribution in [-0.4, -0.2) is 244 Å². The van der Waals surface area contributed by atoms with Crippen LogP contribution in [0.5, 0.6) is 0 Å². The molecule has 38 heteroatoms. The number of nitrogens with one attached hydrogen (secondary N) is 14. The highest BCUT2D eigenvalue weighted by Crippen LogP contribution is 2.25. The molecular formula is C79H100N20O18. The molecule has 4 aromatic carbocycles. The van der Waals surface area contributed by atoms with E-state index in [0.717, 1.165) is 33.2 Å². The van der Waals surface area contributed by atoms with Gasteiger partial charge in [-0.1, -0.05) is 97.1 Å². The molecule has 7 aromatic rings. The molecule has 2 fully saturated rings. The lowest BCUT2D eigenvalue weighted by Crippen LogP contribution is -2.63. The second kappa shape index (κ2) is 42.3. The number of carbonyl (C=O) groups excluding carboxylic acids is 12. The number of nitrogens with zero attached hydrogens (tertiary/aromatic N) is 3. The van der Waals surface area contributed by atoms with Crippen LogP contribution in [0.3, 0.4) is 0 Å². The summed E-state index contributed by atoms with van der Waals surface area (Å²) < 4.78 is 0. The maximum absolute atomic E-state index is 15.1. The second-order valence-electron chi connectivity index (χ2n) is 28.9. The third kappa shape index (κ3) is 25.0. The first-order chi connectivity index (χ1) is 56.0. The molecular weight excluding hydrogens is 1520 g/mol. The van der Waals surface area contributed by atoms with Crippen LogP contribution < -0.4 is 70.4 Å². The van der Waals surface area contributed by atoms with E-state index >= 15 is 19.2 Å². The van der Waals surface area contributed by atoms with Gasteiger partial charge >= 0.3 is 11.9 Å². The van der Waals surface area contributed by atoms with Crippen molar-refractivity contribution in [2.75, 3.05) is 26.2 Å². The average Bonchev–Trinajstić information content (AvgIpc) is 1.75. The van der Waals surface area contributed by atoms with Crippen LogP contribution in [-0.2, 0) is 99.2 Å². The van der Waals surface area contributed by atoms with E-state index in [1.54, 1.807) is 91.3 Å². The molecule has 0 saturated carbocycles. The number of carboxylic acid groups (broad SMARTS) is 2. The number of aliphatic carboxylic acids is 2. The highest BCUT2D eigenvalue weighted by Gasteiger charge is 2.43. The summed E-state index contributed by atoms with van der Waals surface area (Å²) in [5.74, 6) is -14.7. The molecule has 0 radical (unpaired) electrons. The Morgan fingerprint density at radius 1 is 0.513 bits per heavy atom. The number of rotatable bonds is 43. The molecule has 5 heterocycles. The van der Waals surface area contributed by atoms with Gasteiger partial charge in [-0.3, -0.25) is 67.7 Å². The van der Waals surface area contributed by atoms with Gasteiger partial charge in [0.05, 0.1) is 25.1 Å². The van der Waals surface area contributed by atoms with Crippen LogP contribution in [0.25, 0.3) is 21.8 Å². The standard InChI is InChI=1S/C79H100N20O18/c1-43(101)66(75(113)95-60(34-45-17-6-3-7-18-45)77(115)98-31-13-24-62(98)74(112)90-55(27-29-65(103)104)69(107)91-56(26-28-64(81)102)76(114)99-32-14-25-63(99)78(116)117)97-73(111)61(41-100)96-71(109)58(36-47-39-87-53-22-11-9-20-50(47)53)93-68(106)54(23-12-30-85-79(82)83)89-72(110)59(37-48-40-84-42-88-48)94-70(108)57(35-46-38-86-52-21-10-8-19-49(46)52)92-67(105)51(80)33-44-15-4-2-5-16-44/h2-11,15-22,38-40,42-43,51,54-63,66,86-87,100-101H,12-14,23-37,41,80H2,1H3,(H2,81,102)(H,84,88)(H,89,110)(H,90,112)(H,91,107)(H,92,105)(H,93,106)(H,94,108)(H,95,113)(H,96,109)(H,97,111)(H,103,104)(H,116,117)(H4,82,83,85)/t43-,51+,54+,55+,56+,57+,58+,59+,60+,61+,62+,63+,66+/m1/s1. The van der Waals surface area contributed by atoms with E-state index in [9.17, 15) is 68.4 Å². The molecule has 0 aliphatic carbocycles. The number of imidazole rings is 1. The molecule has 12 amide bonds. The summed E-state index contributed by atoms with van der Waals surface area (Å²) in [5, 5.41) is 76.9. The minimum absolute atomic E-state index is 0.00473. The number of aliphatic hydroxyl groups excluding tert-OH is 2. The molecule has 0 bridgehead atoms. The highest BCUT2D eigenvalue weighted by atomic mass is 16.4. The Labute approximate surface area is 671 Å². The first-order valence-electron chi connectivity index (χ1n) is 38.4. The Morgan fingerprint density at radius 3 is 1.50 bits per heavy atom. The number of aromatic nitrogens is 4. The van der Waals surface area contributed by atoms with Crippen molar-refractivity contribution in [1.82, 2.24) is 82.9 Å². The van der Waals surface area contributed by atoms with Gasteiger partial charge in [0.2, 0.25) is 70.9 Å². The summed E-state index contributed by atoms with van der Waals surface area (Å²) in [6.07, 6.45) is 1.84. The monoisotopic (exact) mass is 1620 g/mol. The fraction of sp³-hybridized carbons (Fsp3) is 0.418. The van der Waals surface area contributed by atoms with E-state index in [1.165, 1.54) is 12.5 Å². The van der Waals surface area contributed by atoms with Gasteiger partial charge in [0.1, 0.15) is 66.5 Å². The van der Waals surface area contributed by atoms with Crippen LogP contribution in [0.1, 0.15) is 99.1 Å². The van der Waals surface area contributed by atoms with Crippen LogP contribution in [0.2, 0.25) is 0 Å². The zero-order valence-electron chi connectivity index (χ0n) is 64.2. The molecule has 0 spiro atoms. The lowest BCUT2D eigenvalue weighted by molar-refractivity contribution is -0.149. The quantitative estimate of drug-likeness (QED) is 0.0106. The van der Waals surface area contributed by atoms with E-state index in [2.05, 4.69) is 73.1 Å². The van der Waals surface area contributed by atoms with Gasteiger partial charge in [-0.05, 0) is 99.1 Å². The molecule has 2 aliphatic heterocycles. The summed E-state index contributed by atoms with van der Waals surface area (Å²) >= 11 is 0. The number of carboxylic acids is 2. The van der Waals surface area contributed by atoms with Crippen LogP contribution in [0.4, 0.5) is 0 Å². The van der Waals surface area contributed by atoms with Crippen molar-refractivity contribution in [1.29, 1.82) is 5.41 Å². The number of H-pyrrole nitrogens is 3. The fourth-order valence-corrected chi connectivity index (χ4v) is 14.2. The van der Waals surface area contributed by atoms with Crippen LogP contribution in [0.15, 0.2) is 134 Å². The van der Waals surface area contributed by atoms with Crippen molar-refractivity contribution in [3.05, 3.63) is 162 Å². The van der Waals surface area contributed by atoms with E-state index in [1.807, 2.05) is 30.3 Å². The first-order valence-corrected chi connectivity index (χ1v) is 38.4. The summed E-state index contributed by atoms with van der Waals surface area (Å²) in [5.41, 5.74) is 21.5. The summed E-state index contributed by atoms with van der Waals surface area (Å²) in [4.78, 5) is 212. The Kier molecular flexibility index (Phi) is 31.8. The van der Waals surface area contributed by atoms with Gasteiger partial charge in [-0.15, -0.1) is 0 Å². The molecule has 38 nitrogen and oxygen atoms in total. The van der Waals surface area contributed by atoms with Gasteiger partial charge in [-0.2, -0.15) is 0 Å². The van der Waals surface area contributed by atoms with Gasteiger partial charge in [0, 0.05) is 104 Å². The molecule has 3 aromatic heterocycles. The number of para-hydroxylation sites is 2. The van der Waals surface area contributed by atoms with Crippen molar-refractivity contribution in [3.63, 3.8) is 0 Å². The molecule has 117 heavy (non-hydrogen) atoms. The SMILES string of the molecule is C[C@@H](O)[C@H](NC(=O)[C@H](CO)NC(=O)[C@H](Cc1c[nH]c2ccccc12)NC(=O)[C@H](CCCNC(=N)N)NC(=O)[C@H](Cc1cnc[nH]1)NC(=O)[C@H](Cc1c[nH]c2ccccc12)NC(=O)[C@@H](N)Cc1ccccc1)C(=O)N[C@@H](Cc1ccccc1)C(=O)N1CCC[C@H]1C(=O)N[C@@H](CCC(=O)O)C(=O)N[C@@H](CCC(N)=O)C(=O)N1CCC[C@H]1C(=O)O. The number of carbonyl (C=O) groups is 14. The zero-order valence-corrected chi connectivity index (χ0v) is 64.2. The molecule has 2 saturated heterocycles. The normalized spacial score (nSPS) is 16.7. The maximum Gasteiger partial charge on any atom is 0.326 e. The van der Waals surface area contributed by atoms with Crippen LogP contribution in [0, 0.1) is 5.41 Å². The highest BCUT2D eigenvalue weighted by molar-refractivity contribution is 6.01. The Balaban J connectivity index is 0.926. The van der Waals surface area contributed by atoms with Crippen molar-refractivity contribution in [3.8, 4) is 0 Å². The van der Waals surface area contributed by atoms with E-state index < -0.39 is 193 Å². The number of primary amides is 1. The predicted octanol–water partition coefficient (Wildman–Crippen LogP) is -2.59. The third-order valence-corrected chi connectivity index (χ3v) is 20.3. The number of hydrogen-bond acceptors (Lipinski definition) is 19. The number of hydrogen-bond donors (Lipinski definition) is 21. The van der Waals surface area contributed by atoms with E-state index in [0.29, 0.717) is 39.7 Å². The predicted molar refractivity (Wildman–Crippen MR) is 422 cm³/mol. The van der Waals surface area contributed by atoms with E-state index in [4.69, 9.17) is 22.6 Å². The second-order valence-corrected chi connectivity index (χ2v) is 28.9. The Bertz CT molecular complexity index is 4680. The Hall–Kier alpha value is -13.1. The topological polar surface area (TPSA) is 609 Å². The van der Waals surface area contributed by atoms with E-state index in [-0.39, 0.29) is 90.3 Å². The van der Waals surface area contributed by atoms with Crippen molar-refractivity contribution >= 4 is 111 Å². The van der Waals surface area contributed by atoms with Gasteiger partial charge in [0.25, 0.3) is 0 Å².